The van der Waals surface area contributed by atoms with Crippen LogP contribution in [-0.4, -0.2) is 12.1 Å². The zero-order valence-electron chi connectivity index (χ0n) is 22.3. The van der Waals surface area contributed by atoms with E-state index in [1.807, 2.05) is 12.1 Å². The highest BCUT2D eigenvalue weighted by Gasteiger charge is 2.24. The molecule has 0 aromatic heterocycles. The molecule has 0 heterocycles. The third-order valence-electron chi connectivity index (χ3n) is 8.48. The molecule has 34 heavy (non-hydrogen) atoms. The summed E-state index contributed by atoms with van der Waals surface area (Å²) in [6.45, 7) is 6.95. The summed E-state index contributed by atoms with van der Waals surface area (Å²) in [5.41, 5.74) is 3.42. The average Bonchev–Trinajstić information content (AvgIpc) is 2.87. The van der Waals surface area contributed by atoms with Gasteiger partial charge >= 0.3 is 5.97 Å². The summed E-state index contributed by atoms with van der Waals surface area (Å²) in [5, 5.41) is 0. The number of hydrogen-bond donors (Lipinski definition) is 0. The van der Waals surface area contributed by atoms with E-state index in [9.17, 15) is 4.79 Å². The zero-order chi connectivity index (χ0) is 24.2. The van der Waals surface area contributed by atoms with Gasteiger partial charge in [-0.25, -0.2) is 4.79 Å². The van der Waals surface area contributed by atoms with E-state index in [0.717, 1.165) is 37.0 Å². The number of allylic oxidation sites excluding steroid dienone is 2. The van der Waals surface area contributed by atoms with Crippen LogP contribution in [0.4, 0.5) is 0 Å². The largest absolute Gasteiger partial charge is 0.459 e. The fraction of sp³-hybridized carbons (Fsp3) is 0.719. The Bertz CT molecular complexity index is 739. The second kappa shape index (κ2) is 14.7. The number of benzene rings is 1. The molecule has 2 nitrogen and oxygen atoms in total. The smallest absolute Gasteiger partial charge is 0.338 e. The molecule has 0 bridgehead atoms. The molecule has 0 saturated heterocycles. The summed E-state index contributed by atoms with van der Waals surface area (Å²) >= 11 is 0. The van der Waals surface area contributed by atoms with Gasteiger partial charge < -0.3 is 4.74 Å². The molecule has 3 rings (SSSR count). The van der Waals surface area contributed by atoms with Crippen LogP contribution >= 0.6 is 0 Å². The average molecular weight is 467 g/mol. The van der Waals surface area contributed by atoms with E-state index in [0.29, 0.717) is 5.56 Å². The molecule has 2 aliphatic carbocycles. The van der Waals surface area contributed by atoms with Crippen molar-refractivity contribution in [3.63, 3.8) is 0 Å². The summed E-state index contributed by atoms with van der Waals surface area (Å²) < 4.78 is 5.89. The standard InChI is InChI=1S/C32H50O2/c1-4-6-7-8-9-10-11-26-14-22-31(23-15-26)34-32(33)30-20-18-29(19-21-30)28-16-12-27(13-17-28)24-25(3)5-2/h16,18-21,25-27,31H,4-15,17,22-24H2,1-3H3. The molecule has 1 aromatic carbocycles. The molecule has 0 N–H and O–H groups in total. The number of unbranched alkanes of at least 4 members (excludes halogenated alkanes) is 5. The Morgan fingerprint density at radius 3 is 2.26 bits per heavy atom. The van der Waals surface area contributed by atoms with Gasteiger partial charge in [0.25, 0.3) is 0 Å². The van der Waals surface area contributed by atoms with Crippen molar-refractivity contribution in [2.24, 2.45) is 17.8 Å². The van der Waals surface area contributed by atoms with Gasteiger partial charge in [0.15, 0.2) is 0 Å². The highest BCUT2D eigenvalue weighted by molar-refractivity contribution is 5.90. The molecular formula is C32H50O2. The van der Waals surface area contributed by atoms with Crippen LogP contribution in [0.1, 0.15) is 139 Å². The van der Waals surface area contributed by atoms with E-state index in [1.165, 1.54) is 94.6 Å². The normalized spacial score (nSPS) is 23.9. The number of carbonyl (C=O) groups excluding carboxylic acids is 1. The van der Waals surface area contributed by atoms with Crippen LogP contribution in [0.5, 0.6) is 0 Å². The lowest BCUT2D eigenvalue weighted by atomic mass is 9.81. The SMILES string of the molecule is CCCCCCCCC1CCC(OC(=O)c2ccc(C3=CCC(CC(C)CC)CC3)cc2)CC1. The fourth-order valence-corrected chi connectivity index (χ4v) is 5.89. The van der Waals surface area contributed by atoms with Crippen LogP contribution < -0.4 is 0 Å². The molecule has 1 saturated carbocycles. The lowest BCUT2D eigenvalue weighted by Gasteiger charge is -2.28. The maximum Gasteiger partial charge on any atom is 0.338 e. The van der Waals surface area contributed by atoms with Crippen molar-refractivity contribution < 1.29 is 9.53 Å². The highest BCUT2D eigenvalue weighted by Crippen LogP contribution is 2.34. The van der Waals surface area contributed by atoms with Gasteiger partial charge in [-0.15, -0.1) is 0 Å². The van der Waals surface area contributed by atoms with Crippen molar-refractivity contribution in [1.29, 1.82) is 0 Å². The summed E-state index contributed by atoms with van der Waals surface area (Å²) in [5.74, 6) is 2.38. The van der Waals surface area contributed by atoms with Gasteiger partial charge in [0.05, 0.1) is 5.56 Å². The number of carbonyl (C=O) groups is 1. The monoisotopic (exact) mass is 466 g/mol. The first kappa shape index (κ1) is 27.0. The minimum absolute atomic E-state index is 0.108. The third kappa shape index (κ3) is 8.90. The summed E-state index contributed by atoms with van der Waals surface area (Å²) in [7, 11) is 0. The van der Waals surface area contributed by atoms with Gasteiger partial charge in [0, 0.05) is 0 Å². The van der Waals surface area contributed by atoms with Crippen molar-refractivity contribution in [2.45, 2.75) is 130 Å². The number of rotatable bonds is 13. The van der Waals surface area contributed by atoms with E-state index in [1.54, 1.807) is 0 Å². The first-order valence-corrected chi connectivity index (χ1v) is 14.6. The second-order valence-corrected chi connectivity index (χ2v) is 11.3. The van der Waals surface area contributed by atoms with Crippen LogP contribution in [0.2, 0.25) is 0 Å². The molecule has 2 unspecified atom stereocenters. The summed E-state index contributed by atoms with van der Waals surface area (Å²) in [6.07, 6.45) is 23.0. The van der Waals surface area contributed by atoms with Crippen molar-refractivity contribution in [2.75, 3.05) is 0 Å². The molecule has 0 aliphatic heterocycles. The molecule has 2 heteroatoms. The quantitative estimate of drug-likeness (QED) is 0.213. The second-order valence-electron chi connectivity index (χ2n) is 11.3. The Kier molecular flexibility index (Phi) is 11.7. The topological polar surface area (TPSA) is 26.3 Å². The van der Waals surface area contributed by atoms with Crippen molar-refractivity contribution >= 4 is 11.5 Å². The fourth-order valence-electron chi connectivity index (χ4n) is 5.89. The number of ether oxygens (including phenoxy) is 1. The Balaban J connectivity index is 1.37. The molecule has 0 spiro atoms. The first-order chi connectivity index (χ1) is 16.6. The van der Waals surface area contributed by atoms with Crippen molar-refractivity contribution in [1.82, 2.24) is 0 Å². The minimum atomic E-state index is -0.142. The van der Waals surface area contributed by atoms with Crippen molar-refractivity contribution in [3.05, 3.63) is 41.5 Å². The molecule has 2 aliphatic rings. The third-order valence-corrected chi connectivity index (χ3v) is 8.48. The van der Waals surface area contributed by atoms with E-state index >= 15 is 0 Å². The van der Waals surface area contributed by atoms with E-state index in [4.69, 9.17) is 4.74 Å². The Hall–Kier alpha value is -1.57. The maximum atomic E-state index is 12.7. The summed E-state index contributed by atoms with van der Waals surface area (Å²) in [6, 6.07) is 8.17. The van der Waals surface area contributed by atoms with Crippen LogP contribution in [-0.2, 0) is 4.74 Å². The van der Waals surface area contributed by atoms with Gasteiger partial charge in [0.1, 0.15) is 6.10 Å². The van der Waals surface area contributed by atoms with Crippen LogP contribution in [0.15, 0.2) is 30.3 Å². The Morgan fingerprint density at radius 1 is 0.912 bits per heavy atom. The highest BCUT2D eigenvalue weighted by atomic mass is 16.5. The lowest BCUT2D eigenvalue weighted by Crippen LogP contribution is -2.24. The van der Waals surface area contributed by atoms with Crippen LogP contribution in [0, 0.1) is 17.8 Å². The number of esters is 1. The molecule has 1 fully saturated rings. The zero-order valence-corrected chi connectivity index (χ0v) is 22.3. The van der Waals surface area contributed by atoms with Gasteiger partial charge in [-0.3, -0.25) is 0 Å². The Morgan fingerprint density at radius 2 is 1.62 bits per heavy atom. The molecule has 0 radical (unpaired) electrons. The minimum Gasteiger partial charge on any atom is -0.459 e. The maximum absolute atomic E-state index is 12.7. The first-order valence-electron chi connectivity index (χ1n) is 14.6. The van der Waals surface area contributed by atoms with Gasteiger partial charge in [0.2, 0.25) is 0 Å². The van der Waals surface area contributed by atoms with E-state index in [-0.39, 0.29) is 12.1 Å². The predicted molar refractivity (Wildman–Crippen MR) is 145 cm³/mol. The lowest BCUT2D eigenvalue weighted by molar-refractivity contribution is 0.0161. The summed E-state index contributed by atoms with van der Waals surface area (Å²) in [4.78, 5) is 12.7. The van der Waals surface area contributed by atoms with Crippen molar-refractivity contribution in [3.8, 4) is 0 Å². The van der Waals surface area contributed by atoms with E-state index in [2.05, 4.69) is 39.0 Å². The van der Waals surface area contributed by atoms with Gasteiger partial charge in [-0.05, 0) is 92.4 Å². The Labute approximate surface area is 209 Å². The van der Waals surface area contributed by atoms with Crippen LogP contribution in [0.25, 0.3) is 5.57 Å². The number of hydrogen-bond acceptors (Lipinski definition) is 2. The predicted octanol–water partition coefficient (Wildman–Crippen LogP) is 9.77. The molecular weight excluding hydrogens is 416 g/mol. The molecule has 1 aromatic rings. The molecule has 0 amide bonds. The van der Waals surface area contributed by atoms with Gasteiger partial charge in [-0.1, -0.05) is 90.3 Å². The molecule has 190 valence electrons. The van der Waals surface area contributed by atoms with Gasteiger partial charge in [-0.2, -0.15) is 0 Å². The molecule has 2 atom stereocenters. The van der Waals surface area contributed by atoms with E-state index < -0.39 is 0 Å². The van der Waals surface area contributed by atoms with Crippen LogP contribution in [0.3, 0.4) is 0 Å².